The molecule has 0 saturated heterocycles. The maximum absolute atomic E-state index is 13.0. The monoisotopic (exact) mass is 366 g/mol. The minimum absolute atomic E-state index is 0.0301. The summed E-state index contributed by atoms with van der Waals surface area (Å²) in [6.07, 6.45) is 3.22. The summed E-state index contributed by atoms with van der Waals surface area (Å²) in [7, 11) is -3.67. The van der Waals surface area contributed by atoms with Crippen molar-refractivity contribution in [3.05, 3.63) is 59.9 Å². The van der Waals surface area contributed by atoms with E-state index in [9.17, 15) is 13.2 Å². The van der Waals surface area contributed by atoms with Crippen LogP contribution in [0, 0.1) is 6.92 Å². The maximum atomic E-state index is 13.0. The lowest BCUT2D eigenvalue weighted by atomic mass is 10.2. The third-order valence-electron chi connectivity index (χ3n) is 3.59. The Bertz CT molecular complexity index is 777. The molecule has 1 atom stereocenters. The molecule has 2 aromatic rings. The molecule has 5 nitrogen and oxygen atoms in total. The zero-order chi connectivity index (χ0) is 17.6. The summed E-state index contributed by atoms with van der Waals surface area (Å²) in [6.45, 7) is 1.86. The molecule has 24 heavy (non-hydrogen) atoms. The van der Waals surface area contributed by atoms with Gasteiger partial charge >= 0.3 is 0 Å². The Balaban J connectivity index is 2.34. The van der Waals surface area contributed by atoms with E-state index in [4.69, 9.17) is 11.6 Å². The number of nitrogens with zero attached hydrogens (tertiary/aromatic N) is 1. The number of aryl methyl sites for hydroxylation is 1. The molecule has 0 radical (unpaired) electrons. The number of benzene rings is 1. The van der Waals surface area contributed by atoms with Gasteiger partial charge in [-0.15, -0.1) is 11.6 Å². The van der Waals surface area contributed by atoms with Crippen LogP contribution in [0.3, 0.4) is 0 Å². The summed E-state index contributed by atoms with van der Waals surface area (Å²) in [5, 5.41) is 1.73. The van der Waals surface area contributed by atoms with Gasteiger partial charge in [-0.05, 0) is 30.7 Å². The van der Waals surface area contributed by atoms with Gasteiger partial charge in [-0.25, -0.2) is 8.42 Å². The smallest absolute Gasteiger partial charge is 0.221 e. The largest absolute Gasteiger partial charge is 0.354 e. The van der Waals surface area contributed by atoms with Crippen LogP contribution in [-0.2, 0) is 14.6 Å². The lowest BCUT2D eigenvalue weighted by molar-refractivity contribution is -0.120. The molecular weight excluding hydrogens is 348 g/mol. The van der Waals surface area contributed by atoms with Gasteiger partial charge in [0.15, 0.2) is 9.84 Å². The number of halogens is 1. The summed E-state index contributed by atoms with van der Waals surface area (Å²) in [5.74, 6) is -0.0910. The van der Waals surface area contributed by atoms with E-state index in [1.165, 1.54) is 6.20 Å². The SMILES string of the molecule is Cc1ccc(S(=O)(=O)[C@@H](CNC(=O)CCCl)c2cccnc2)cc1. The number of hydrogen-bond acceptors (Lipinski definition) is 4. The Morgan fingerprint density at radius 2 is 1.96 bits per heavy atom. The van der Waals surface area contributed by atoms with Gasteiger partial charge in [0.05, 0.1) is 4.90 Å². The Morgan fingerprint density at radius 3 is 2.54 bits per heavy atom. The first-order valence-electron chi connectivity index (χ1n) is 7.48. The number of amides is 1. The molecule has 0 fully saturated rings. The summed E-state index contributed by atoms with van der Waals surface area (Å²) in [5.41, 5.74) is 1.51. The molecule has 0 saturated carbocycles. The van der Waals surface area contributed by atoms with E-state index >= 15 is 0 Å². The van der Waals surface area contributed by atoms with E-state index in [-0.39, 0.29) is 29.6 Å². The van der Waals surface area contributed by atoms with Gasteiger partial charge < -0.3 is 5.32 Å². The van der Waals surface area contributed by atoms with Crippen LogP contribution in [0.2, 0.25) is 0 Å². The Hall–Kier alpha value is -1.92. The highest BCUT2D eigenvalue weighted by molar-refractivity contribution is 7.91. The van der Waals surface area contributed by atoms with E-state index in [1.54, 1.807) is 42.6 Å². The van der Waals surface area contributed by atoms with Crippen molar-refractivity contribution < 1.29 is 13.2 Å². The normalized spacial score (nSPS) is 12.6. The summed E-state index contributed by atoms with van der Waals surface area (Å²) in [6, 6.07) is 10.0. The van der Waals surface area contributed by atoms with Gasteiger partial charge in [-0.1, -0.05) is 23.8 Å². The molecule has 0 aliphatic heterocycles. The quantitative estimate of drug-likeness (QED) is 0.764. The number of carbonyl (C=O) groups is 1. The first-order valence-corrected chi connectivity index (χ1v) is 9.56. The molecule has 0 spiro atoms. The van der Waals surface area contributed by atoms with E-state index in [0.717, 1.165) is 5.56 Å². The molecule has 0 bridgehead atoms. The number of nitrogens with one attached hydrogen (secondary N) is 1. The lowest BCUT2D eigenvalue weighted by Crippen LogP contribution is -2.32. The molecule has 0 unspecified atom stereocenters. The average Bonchev–Trinajstić information content (AvgIpc) is 2.56. The molecule has 1 aromatic heterocycles. The van der Waals surface area contributed by atoms with E-state index < -0.39 is 15.1 Å². The highest BCUT2D eigenvalue weighted by Crippen LogP contribution is 2.28. The number of hydrogen-bond donors (Lipinski definition) is 1. The molecule has 2 rings (SSSR count). The van der Waals surface area contributed by atoms with Crippen LogP contribution in [0.15, 0.2) is 53.7 Å². The minimum atomic E-state index is -3.67. The summed E-state index contributed by atoms with van der Waals surface area (Å²) >= 11 is 5.54. The molecule has 1 aromatic carbocycles. The second kappa shape index (κ2) is 8.26. The number of alkyl halides is 1. The topological polar surface area (TPSA) is 76.1 Å². The molecular formula is C17H19ClN2O3S. The molecule has 0 aliphatic rings. The van der Waals surface area contributed by atoms with Crippen LogP contribution in [0.25, 0.3) is 0 Å². The Kier molecular flexibility index (Phi) is 6.34. The summed E-state index contributed by atoms with van der Waals surface area (Å²) < 4.78 is 26.0. The fourth-order valence-corrected chi connectivity index (χ4v) is 4.06. The van der Waals surface area contributed by atoms with Gasteiger partial charge in [0.2, 0.25) is 5.91 Å². The average molecular weight is 367 g/mol. The third-order valence-corrected chi connectivity index (χ3v) is 5.89. The molecule has 1 N–H and O–H groups in total. The standard InChI is InChI=1S/C17H19ClN2O3S/c1-13-4-6-15(7-5-13)24(22,23)16(12-20-17(21)8-9-18)14-3-2-10-19-11-14/h2-7,10-11,16H,8-9,12H2,1H3,(H,20,21)/t16-/m0/s1. The molecule has 1 heterocycles. The molecule has 1 amide bonds. The van der Waals surface area contributed by atoms with Crippen LogP contribution in [0.5, 0.6) is 0 Å². The Morgan fingerprint density at radius 1 is 1.25 bits per heavy atom. The van der Waals surface area contributed by atoms with Crippen molar-refractivity contribution in [1.82, 2.24) is 10.3 Å². The number of rotatable bonds is 7. The van der Waals surface area contributed by atoms with Crippen molar-refractivity contribution in [3.8, 4) is 0 Å². The fourth-order valence-electron chi connectivity index (χ4n) is 2.25. The first kappa shape index (κ1) is 18.4. The zero-order valence-corrected chi connectivity index (χ0v) is 14.8. The van der Waals surface area contributed by atoms with E-state index in [2.05, 4.69) is 10.3 Å². The Labute approximate surface area is 147 Å². The van der Waals surface area contributed by atoms with Crippen LogP contribution >= 0.6 is 11.6 Å². The number of aromatic nitrogens is 1. The zero-order valence-electron chi connectivity index (χ0n) is 13.3. The number of carbonyl (C=O) groups excluding carboxylic acids is 1. The lowest BCUT2D eigenvalue weighted by Gasteiger charge is -2.18. The number of pyridine rings is 1. The third kappa shape index (κ3) is 4.55. The van der Waals surface area contributed by atoms with E-state index in [0.29, 0.717) is 5.56 Å². The van der Waals surface area contributed by atoms with Gasteiger partial charge in [-0.3, -0.25) is 9.78 Å². The van der Waals surface area contributed by atoms with Crippen molar-refractivity contribution in [1.29, 1.82) is 0 Å². The molecule has 7 heteroatoms. The maximum Gasteiger partial charge on any atom is 0.221 e. The molecule has 128 valence electrons. The number of sulfone groups is 1. The highest BCUT2D eigenvalue weighted by Gasteiger charge is 2.29. The second-order valence-corrected chi connectivity index (χ2v) is 7.88. The van der Waals surface area contributed by atoms with Crippen LogP contribution in [0.1, 0.15) is 22.8 Å². The predicted octanol–water partition coefficient (Wildman–Crippen LogP) is 2.65. The van der Waals surface area contributed by atoms with Gasteiger partial charge in [0.1, 0.15) is 5.25 Å². The minimum Gasteiger partial charge on any atom is -0.354 e. The van der Waals surface area contributed by atoms with Crippen molar-refractivity contribution in [2.45, 2.75) is 23.5 Å². The molecule has 0 aliphatic carbocycles. The predicted molar refractivity (Wildman–Crippen MR) is 93.7 cm³/mol. The van der Waals surface area contributed by atoms with Crippen LogP contribution < -0.4 is 5.32 Å². The highest BCUT2D eigenvalue weighted by atomic mass is 35.5. The van der Waals surface area contributed by atoms with E-state index in [1.807, 2.05) is 6.92 Å². The van der Waals surface area contributed by atoms with Crippen LogP contribution in [-0.4, -0.2) is 31.7 Å². The first-order chi connectivity index (χ1) is 11.4. The van der Waals surface area contributed by atoms with Gasteiger partial charge in [0, 0.05) is 31.2 Å². The van der Waals surface area contributed by atoms with Crippen molar-refractivity contribution in [2.24, 2.45) is 0 Å². The van der Waals surface area contributed by atoms with Crippen molar-refractivity contribution in [3.63, 3.8) is 0 Å². The van der Waals surface area contributed by atoms with Crippen LogP contribution in [0.4, 0.5) is 0 Å². The fraction of sp³-hybridized carbons (Fsp3) is 0.294. The van der Waals surface area contributed by atoms with Gasteiger partial charge in [0.25, 0.3) is 0 Å². The summed E-state index contributed by atoms with van der Waals surface area (Å²) in [4.78, 5) is 15.9. The van der Waals surface area contributed by atoms with Crippen molar-refractivity contribution >= 4 is 27.3 Å². The van der Waals surface area contributed by atoms with Crippen molar-refractivity contribution in [2.75, 3.05) is 12.4 Å². The second-order valence-electron chi connectivity index (χ2n) is 5.38. The van der Waals surface area contributed by atoms with Gasteiger partial charge in [-0.2, -0.15) is 0 Å².